The number of anilines is 1. The first-order valence-electron chi connectivity index (χ1n) is 9.39. The number of nitrogens with one attached hydrogen (secondary N) is 1. The number of rotatable bonds is 6. The van der Waals surface area contributed by atoms with Gasteiger partial charge in [-0.3, -0.25) is 4.98 Å². The van der Waals surface area contributed by atoms with E-state index in [0.29, 0.717) is 18.8 Å². The van der Waals surface area contributed by atoms with Crippen molar-refractivity contribution >= 4 is 5.82 Å². The Morgan fingerprint density at radius 2 is 2.00 bits per heavy atom. The van der Waals surface area contributed by atoms with Crippen LogP contribution >= 0.6 is 0 Å². The van der Waals surface area contributed by atoms with Gasteiger partial charge in [-0.25, -0.2) is 14.4 Å². The van der Waals surface area contributed by atoms with Crippen LogP contribution in [-0.4, -0.2) is 47.7 Å². The molecule has 144 valence electrons. The Morgan fingerprint density at radius 3 is 2.82 bits per heavy atom. The van der Waals surface area contributed by atoms with E-state index in [1.54, 1.807) is 24.8 Å². The first-order valence-corrected chi connectivity index (χ1v) is 9.39. The molecule has 1 aliphatic rings. The lowest BCUT2D eigenvalue weighted by Gasteiger charge is -2.28. The molecule has 0 spiro atoms. The second-order valence-corrected chi connectivity index (χ2v) is 6.60. The lowest BCUT2D eigenvalue weighted by Crippen LogP contribution is -2.43. The standard InChI is InChI=1S/C21H22FN5O/c22-17-3-4-18(20(12-17)28-11-5-16-2-1-6-24-14-16)19-13-21(26-15-25-19)27-9-7-23-8-10-27/h1-4,6,12-15,23H,5,7-11H2. The van der Waals surface area contributed by atoms with E-state index in [1.165, 1.54) is 12.1 Å². The minimum atomic E-state index is -0.337. The molecule has 1 fully saturated rings. The molecule has 1 saturated heterocycles. The van der Waals surface area contributed by atoms with E-state index in [0.717, 1.165) is 48.8 Å². The summed E-state index contributed by atoms with van der Waals surface area (Å²) in [7, 11) is 0. The van der Waals surface area contributed by atoms with Gasteiger partial charge in [-0.15, -0.1) is 0 Å². The summed E-state index contributed by atoms with van der Waals surface area (Å²) >= 11 is 0. The van der Waals surface area contributed by atoms with Crippen LogP contribution in [0.2, 0.25) is 0 Å². The van der Waals surface area contributed by atoms with Gasteiger partial charge < -0.3 is 15.0 Å². The van der Waals surface area contributed by atoms with Crippen LogP contribution in [0.25, 0.3) is 11.3 Å². The topological polar surface area (TPSA) is 63.2 Å². The fourth-order valence-corrected chi connectivity index (χ4v) is 3.21. The van der Waals surface area contributed by atoms with Crippen LogP contribution < -0.4 is 15.0 Å². The van der Waals surface area contributed by atoms with E-state index in [2.05, 4.69) is 25.2 Å². The normalized spacial score (nSPS) is 14.1. The maximum absolute atomic E-state index is 13.8. The highest BCUT2D eigenvalue weighted by Crippen LogP contribution is 2.31. The Kier molecular flexibility index (Phi) is 5.72. The predicted octanol–water partition coefficient (Wildman–Crippen LogP) is 2.71. The summed E-state index contributed by atoms with van der Waals surface area (Å²) in [5.74, 6) is 1.02. The SMILES string of the molecule is Fc1ccc(-c2cc(N3CCNCC3)ncn2)c(OCCc2cccnc2)c1. The van der Waals surface area contributed by atoms with Crippen molar-refractivity contribution in [1.29, 1.82) is 0 Å². The van der Waals surface area contributed by atoms with Gasteiger partial charge in [0.25, 0.3) is 0 Å². The van der Waals surface area contributed by atoms with Crippen molar-refractivity contribution in [3.8, 4) is 17.0 Å². The summed E-state index contributed by atoms with van der Waals surface area (Å²) in [5.41, 5.74) is 2.55. The van der Waals surface area contributed by atoms with Crippen molar-refractivity contribution in [1.82, 2.24) is 20.3 Å². The molecule has 0 saturated carbocycles. The van der Waals surface area contributed by atoms with Gasteiger partial charge in [0.1, 0.15) is 23.7 Å². The van der Waals surface area contributed by atoms with E-state index in [4.69, 9.17) is 4.74 Å². The predicted molar refractivity (Wildman–Crippen MR) is 106 cm³/mol. The Hall–Kier alpha value is -3.06. The van der Waals surface area contributed by atoms with Gasteiger partial charge in [0.2, 0.25) is 0 Å². The molecule has 28 heavy (non-hydrogen) atoms. The number of hydrogen-bond donors (Lipinski definition) is 1. The van der Waals surface area contributed by atoms with E-state index in [9.17, 15) is 4.39 Å². The zero-order chi connectivity index (χ0) is 19.2. The first kappa shape index (κ1) is 18.3. The number of halogens is 1. The quantitative estimate of drug-likeness (QED) is 0.711. The second-order valence-electron chi connectivity index (χ2n) is 6.60. The zero-order valence-electron chi connectivity index (χ0n) is 15.5. The molecule has 1 aliphatic heterocycles. The third-order valence-corrected chi connectivity index (χ3v) is 4.68. The Bertz CT molecular complexity index is 916. The molecule has 0 bridgehead atoms. The minimum absolute atomic E-state index is 0.337. The molecule has 0 aliphatic carbocycles. The molecule has 7 heteroatoms. The molecule has 0 atom stereocenters. The zero-order valence-corrected chi connectivity index (χ0v) is 15.5. The smallest absolute Gasteiger partial charge is 0.132 e. The molecule has 4 rings (SSSR count). The molecular weight excluding hydrogens is 357 g/mol. The summed E-state index contributed by atoms with van der Waals surface area (Å²) in [4.78, 5) is 15.1. The average molecular weight is 379 g/mol. The number of benzene rings is 1. The van der Waals surface area contributed by atoms with Crippen molar-refractivity contribution in [2.45, 2.75) is 6.42 Å². The first-order chi connectivity index (χ1) is 13.8. The number of ether oxygens (including phenoxy) is 1. The Balaban J connectivity index is 1.54. The number of nitrogens with zero attached hydrogens (tertiary/aromatic N) is 4. The van der Waals surface area contributed by atoms with Crippen LogP contribution in [0.1, 0.15) is 5.56 Å². The van der Waals surface area contributed by atoms with E-state index >= 15 is 0 Å². The maximum Gasteiger partial charge on any atom is 0.132 e. The van der Waals surface area contributed by atoms with E-state index in [-0.39, 0.29) is 5.82 Å². The Morgan fingerprint density at radius 1 is 1.11 bits per heavy atom. The fourth-order valence-electron chi connectivity index (χ4n) is 3.21. The van der Waals surface area contributed by atoms with Gasteiger partial charge in [-0.05, 0) is 23.8 Å². The molecule has 0 unspecified atom stereocenters. The van der Waals surface area contributed by atoms with Crippen LogP contribution in [0, 0.1) is 5.82 Å². The third kappa shape index (κ3) is 4.43. The molecule has 1 aromatic carbocycles. The molecule has 0 radical (unpaired) electrons. The van der Waals surface area contributed by atoms with Crippen molar-refractivity contribution in [3.63, 3.8) is 0 Å². The molecule has 3 heterocycles. The summed E-state index contributed by atoms with van der Waals surface area (Å²) < 4.78 is 19.8. The van der Waals surface area contributed by atoms with Crippen molar-refractivity contribution < 1.29 is 9.13 Å². The van der Waals surface area contributed by atoms with Crippen LogP contribution in [-0.2, 0) is 6.42 Å². The molecule has 3 aromatic rings. The van der Waals surface area contributed by atoms with Crippen molar-refractivity contribution in [2.75, 3.05) is 37.7 Å². The van der Waals surface area contributed by atoms with Crippen molar-refractivity contribution in [2.24, 2.45) is 0 Å². The minimum Gasteiger partial charge on any atom is -0.492 e. The van der Waals surface area contributed by atoms with Gasteiger partial charge in [-0.1, -0.05) is 6.07 Å². The Labute approximate surface area is 163 Å². The van der Waals surface area contributed by atoms with Crippen LogP contribution in [0.4, 0.5) is 10.2 Å². The van der Waals surface area contributed by atoms with Gasteiger partial charge in [0, 0.05) is 62.7 Å². The van der Waals surface area contributed by atoms with Gasteiger partial charge in [-0.2, -0.15) is 0 Å². The molecule has 0 amide bonds. The van der Waals surface area contributed by atoms with Gasteiger partial charge >= 0.3 is 0 Å². The highest BCUT2D eigenvalue weighted by molar-refractivity contribution is 5.69. The maximum atomic E-state index is 13.8. The van der Waals surface area contributed by atoms with Gasteiger partial charge in [0.15, 0.2) is 0 Å². The summed E-state index contributed by atoms with van der Waals surface area (Å²) in [6.07, 6.45) is 5.79. The molecule has 1 N–H and O–H groups in total. The van der Waals surface area contributed by atoms with Crippen LogP contribution in [0.5, 0.6) is 5.75 Å². The number of hydrogen-bond acceptors (Lipinski definition) is 6. The van der Waals surface area contributed by atoms with E-state index in [1.807, 2.05) is 18.2 Å². The molecular formula is C21H22FN5O. The third-order valence-electron chi connectivity index (χ3n) is 4.68. The summed E-state index contributed by atoms with van der Waals surface area (Å²) in [6.45, 7) is 4.08. The lowest BCUT2D eigenvalue weighted by atomic mass is 10.1. The number of aromatic nitrogens is 3. The van der Waals surface area contributed by atoms with Crippen molar-refractivity contribution in [3.05, 3.63) is 66.5 Å². The number of pyridine rings is 1. The van der Waals surface area contributed by atoms with Crippen LogP contribution in [0.15, 0.2) is 55.1 Å². The highest BCUT2D eigenvalue weighted by atomic mass is 19.1. The lowest BCUT2D eigenvalue weighted by molar-refractivity contribution is 0.321. The highest BCUT2D eigenvalue weighted by Gasteiger charge is 2.15. The monoisotopic (exact) mass is 379 g/mol. The van der Waals surface area contributed by atoms with Crippen LogP contribution in [0.3, 0.4) is 0 Å². The molecule has 6 nitrogen and oxygen atoms in total. The largest absolute Gasteiger partial charge is 0.492 e. The summed E-state index contributed by atoms with van der Waals surface area (Å²) in [5, 5.41) is 3.33. The number of piperazine rings is 1. The second kappa shape index (κ2) is 8.75. The van der Waals surface area contributed by atoms with E-state index < -0.39 is 0 Å². The average Bonchev–Trinajstić information content (AvgIpc) is 2.75. The summed E-state index contributed by atoms with van der Waals surface area (Å²) in [6, 6.07) is 10.4. The fraction of sp³-hybridized carbons (Fsp3) is 0.286. The molecule has 2 aromatic heterocycles. The van der Waals surface area contributed by atoms with Gasteiger partial charge in [0.05, 0.1) is 12.3 Å².